The van der Waals surface area contributed by atoms with Gasteiger partial charge in [0, 0.05) is 57.2 Å². The highest BCUT2D eigenvalue weighted by molar-refractivity contribution is 6.31. The molecule has 2 atom stereocenters. The summed E-state index contributed by atoms with van der Waals surface area (Å²) in [6.45, 7) is 4.67. The second-order valence-corrected chi connectivity index (χ2v) is 12.3. The molecule has 0 N–H and O–H groups in total. The molecule has 0 bridgehead atoms. The lowest BCUT2D eigenvalue weighted by Gasteiger charge is -2.48. The summed E-state index contributed by atoms with van der Waals surface area (Å²) in [7, 11) is 3.79. The van der Waals surface area contributed by atoms with E-state index in [2.05, 4.69) is 17.0 Å². The number of nitrogens with zero attached hydrogens (tertiary/aromatic N) is 3. The number of rotatable bonds is 8. The molecule has 2 unspecified atom stereocenters. The number of amides is 2. The molecule has 1 aliphatic heterocycles. The molecule has 3 aromatic carbocycles. The fourth-order valence-electron chi connectivity index (χ4n) is 6.62. The normalized spacial score (nSPS) is 22.0. The fourth-order valence-corrected chi connectivity index (χ4v) is 6.94. The van der Waals surface area contributed by atoms with Crippen molar-refractivity contribution >= 4 is 35.0 Å². The van der Waals surface area contributed by atoms with Crippen molar-refractivity contribution < 1.29 is 9.59 Å². The third-order valence-corrected chi connectivity index (χ3v) is 9.77. The van der Waals surface area contributed by atoms with Gasteiger partial charge >= 0.3 is 0 Å². The van der Waals surface area contributed by atoms with Gasteiger partial charge in [0.25, 0.3) is 0 Å². The molecule has 5 nitrogen and oxygen atoms in total. The van der Waals surface area contributed by atoms with Crippen LogP contribution in [-0.2, 0) is 27.1 Å². The monoisotopic (exact) mass is 577 g/mol. The highest BCUT2D eigenvalue weighted by Gasteiger charge is 2.62. The van der Waals surface area contributed by atoms with Crippen molar-refractivity contribution in [2.45, 2.75) is 43.7 Å². The van der Waals surface area contributed by atoms with Crippen molar-refractivity contribution in [3.63, 3.8) is 0 Å². The number of likely N-dealkylation sites (tertiary alicyclic amines) is 1. The summed E-state index contributed by atoms with van der Waals surface area (Å²) >= 11 is 12.6. The zero-order valence-electron chi connectivity index (χ0n) is 23.4. The van der Waals surface area contributed by atoms with Gasteiger partial charge in [-0.1, -0.05) is 83.9 Å². The minimum absolute atomic E-state index is 0.0772. The lowest BCUT2D eigenvalue weighted by molar-refractivity contribution is -0.136. The van der Waals surface area contributed by atoms with Crippen molar-refractivity contribution in [1.29, 1.82) is 0 Å². The van der Waals surface area contributed by atoms with E-state index in [9.17, 15) is 9.59 Å². The molecule has 0 aromatic heterocycles. The SMILES string of the molecule is CC(=O)N(C)C1(c2ccccc2)CCN(CC2CC2(C(=O)N(C)Cc2ccccc2Cl)c2ccc(Cl)cc2)CC1. The molecule has 2 amide bonds. The van der Waals surface area contributed by atoms with E-state index in [-0.39, 0.29) is 23.3 Å². The molecular weight excluding hydrogens is 541 g/mol. The Balaban J connectivity index is 1.34. The first kappa shape index (κ1) is 28.7. The maximum atomic E-state index is 14.1. The predicted octanol–water partition coefficient (Wildman–Crippen LogP) is 6.38. The second kappa shape index (κ2) is 11.6. The second-order valence-electron chi connectivity index (χ2n) is 11.4. The quantitative estimate of drug-likeness (QED) is 0.312. The van der Waals surface area contributed by atoms with Crippen LogP contribution in [-0.4, -0.2) is 60.2 Å². The van der Waals surface area contributed by atoms with Crippen LogP contribution in [0.1, 0.15) is 42.9 Å². The Hall–Kier alpha value is -2.86. The lowest BCUT2D eigenvalue weighted by Crippen LogP contribution is -2.53. The van der Waals surface area contributed by atoms with Gasteiger partial charge in [0.05, 0.1) is 11.0 Å². The molecule has 1 heterocycles. The molecule has 0 radical (unpaired) electrons. The third-order valence-electron chi connectivity index (χ3n) is 9.15. The Morgan fingerprint density at radius 3 is 2.12 bits per heavy atom. The molecule has 2 aliphatic rings. The first-order chi connectivity index (χ1) is 19.2. The number of benzene rings is 3. The van der Waals surface area contributed by atoms with Crippen LogP contribution < -0.4 is 0 Å². The highest BCUT2D eigenvalue weighted by Crippen LogP contribution is 2.56. The number of carbonyl (C=O) groups is 2. The first-order valence-electron chi connectivity index (χ1n) is 13.9. The molecular formula is C33H37Cl2N3O2. The van der Waals surface area contributed by atoms with E-state index < -0.39 is 5.41 Å². The molecule has 40 heavy (non-hydrogen) atoms. The molecule has 1 saturated carbocycles. The Labute approximate surface area is 247 Å². The topological polar surface area (TPSA) is 43.9 Å². The van der Waals surface area contributed by atoms with E-state index in [0.29, 0.717) is 16.6 Å². The smallest absolute Gasteiger partial charge is 0.233 e. The van der Waals surface area contributed by atoms with E-state index in [0.717, 1.165) is 50.0 Å². The van der Waals surface area contributed by atoms with Gasteiger partial charge in [-0.05, 0) is 60.1 Å². The lowest BCUT2D eigenvalue weighted by atomic mass is 9.79. The molecule has 7 heteroatoms. The first-order valence-corrected chi connectivity index (χ1v) is 14.7. The summed E-state index contributed by atoms with van der Waals surface area (Å²) in [5.41, 5.74) is 2.25. The summed E-state index contributed by atoms with van der Waals surface area (Å²) in [6.07, 6.45) is 2.51. The third kappa shape index (κ3) is 5.39. The van der Waals surface area contributed by atoms with Crippen LogP contribution >= 0.6 is 23.2 Å². The van der Waals surface area contributed by atoms with Gasteiger partial charge in [0.15, 0.2) is 0 Å². The molecule has 0 spiro atoms. The van der Waals surface area contributed by atoms with Gasteiger partial charge in [-0.25, -0.2) is 0 Å². The van der Waals surface area contributed by atoms with E-state index in [1.807, 2.05) is 90.6 Å². The van der Waals surface area contributed by atoms with E-state index in [1.165, 1.54) is 5.56 Å². The summed E-state index contributed by atoms with van der Waals surface area (Å²) in [6, 6.07) is 25.8. The van der Waals surface area contributed by atoms with E-state index in [4.69, 9.17) is 23.2 Å². The maximum absolute atomic E-state index is 14.1. The summed E-state index contributed by atoms with van der Waals surface area (Å²) < 4.78 is 0. The minimum Gasteiger partial charge on any atom is -0.341 e. The largest absolute Gasteiger partial charge is 0.341 e. The van der Waals surface area contributed by atoms with Crippen molar-refractivity contribution in [3.05, 3.63) is 106 Å². The van der Waals surface area contributed by atoms with Crippen molar-refractivity contribution in [2.24, 2.45) is 5.92 Å². The van der Waals surface area contributed by atoms with Crippen LogP contribution in [0, 0.1) is 5.92 Å². The average molecular weight is 579 g/mol. The van der Waals surface area contributed by atoms with Gasteiger partial charge in [-0.15, -0.1) is 0 Å². The summed E-state index contributed by atoms with van der Waals surface area (Å²) in [5.74, 6) is 0.393. The van der Waals surface area contributed by atoms with Crippen LogP contribution in [0.3, 0.4) is 0 Å². The molecule has 1 aliphatic carbocycles. The maximum Gasteiger partial charge on any atom is 0.233 e. The predicted molar refractivity (Wildman–Crippen MR) is 161 cm³/mol. The van der Waals surface area contributed by atoms with E-state index >= 15 is 0 Å². The Bertz CT molecular complexity index is 1360. The zero-order valence-corrected chi connectivity index (χ0v) is 25.0. The molecule has 210 valence electrons. The van der Waals surface area contributed by atoms with Crippen LogP contribution in [0.15, 0.2) is 78.9 Å². The van der Waals surface area contributed by atoms with Crippen LogP contribution in [0.25, 0.3) is 0 Å². The Kier molecular flexibility index (Phi) is 8.28. The van der Waals surface area contributed by atoms with Crippen LogP contribution in [0.4, 0.5) is 0 Å². The molecule has 3 aromatic rings. The minimum atomic E-state index is -0.579. The molecule has 5 rings (SSSR count). The Morgan fingerprint density at radius 1 is 0.875 bits per heavy atom. The number of likely N-dealkylation sites (N-methyl/N-ethyl adjacent to an activating group) is 1. The number of hydrogen-bond donors (Lipinski definition) is 0. The van der Waals surface area contributed by atoms with Gasteiger partial charge < -0.3 is 14.7 Å². The average Bonchev–Trinajstić information content (AvgIpc) is 3.69. The van der Waals surface area contributed by atoms with Crippen molar-refractivity contribution in [2.75, 3.05) is 33.7 Å². The number of halogens is 2. The van der Waals surface area contributed by atoms with Crippen LogP contribution in [0.5, 0.6) is 0 Å². The number of carbonyl (C=O) groups excluding carboxylic acids is 2. The number of hydrogen-bond acceptors (Lipinski definition) is 3. The van der Waals surface area contributed by atoms with Crippen LogP contribution in [0.2, 0.25) is 10.0 Å². The van der Waals surface area contributed by atoms with Crippen molar-refractivity contribution in [3.8, 4) is 0 Å². The summed E-state index contributed by atoms with van der Waals surface area (Å²) in [4.78, 5) is 32.8. The van der Waals surface area contributed by atoms with Crippen molar-refractivity contribution in [1.82, 2.24) is 14.7 Å². The number of piperidine rings is 1. The highest BCUT2D eigenvalue weighted by atomic mass is 35.5. The zero-order chi connectivity index (χ0) is 28.5. The molecule has 2 fully saturated rings. The van der Waals surface area contributed by atoms with Gasteiger partial charge in [-0.2, -0.15) is 0 Å². The summed E-state index contributed by atoms with van der Waals surface area (Å²) in [5, 5.41) is 1.33. The van der Waals surface area contributed by atoms with Gasteiger partial charge in [0.2, 0.25) is 11.8 Å². The Morgan fingerprint density at radius 2 is 1.50 bits per heavy atom. The van der Waals surface area contributed by atoms with E-state index in [1.54, 1.807) is 6.92 Å². The standard InChI is InChI=1S/C33H37Cl2N3O2/c1-24(39)37(3)32(26-10-5-4-6-11-26)17-19-38(20-18-32)23-28-21-33(28,27-13-15-29(34)16-14-27)31(40)36(2)22-25-9-7-8-12-30(25)35/h4-16,28H,17-23H2,1-3H3. The van der Waals surface area contributed by atoms with Gasteiger partial charge in [-0.3, -0.25) is 9.59 Å². The van der Waals surface area contributed by atoms with Gasteiger partial charge in [0.1, 0.15) is 0 Å². The molecule has 1 saturated heterocycles. The fraction of sp³-hybridized carbons (Fsp3) is 0.394.